The number of hydrogen-bond donors (Lipinski definition) is 2. The van der Waals surface area contributed by atoms with E-state index in [-0.39, 0.29) is 16.7 Å². The van der Waals surface area contributed by atoms with Gasteiger partial charge in [0.05, 0.1) is 0 Å². The van der Waals surface area contributed by atoms with Gasteiger partial charge in [-0.1, -0.05) is 19.9 Å². The summed E-state index contributed by atoms with van der Waals surface area (Å²) in [5, 5.41) is 3.30. The van der Waals surface area contributed by atoms with Crippen molar-refractivity contribution in [3.05, 3.63) is 29.6 Å². The number of halogens is 1. The van der Waals surface area contributed by atoms with Crippen LogP contribution in [-0.4, -0.2) is 33.0 Å². The molecule has 0 aliphatic carbocycles. The van der Waals surface area contributed by atoms with Crippen molar-refractivity contribution in [3.8, 4) is 0 Å². The summed E-state index contributed by atoms with van der Waals surface area (Å²) < 4.78 is 40.6. The molecule has 7 heteroatoms. The van der Waals surface area contributed by atoms with E-state index in [1.165, 1.54) is 12.1 Å². The van der Waals surface area contributed by atoms with Crippen LogP contribution < -0.4 is 10.0 Å². The molecule has 2 N–H and O–H groups in total. The van der Waals surface area contributed by atoms with Gasteiger partial charge in [0.2, 0.25) is 10.0 Å². The van der Waals surface area contributed by atoms with Gasteiger partial charge in [-0.05, 0) is 36.9 Å². The molecule has 1 unspecified atom stereocenters. The third kappa shape index (κ3) is 5.94. The molecule has 1 aromatic carbocycles. The number of thioether (sulfide) groups is 1. The van der Waals surface area contributed by atoms with Crippen molar-refractivity contribution in [2.75, 3.05) is 19.3 Å². The monoisotopic (exact) mass is 334 g/mol. The van der Waals surface area contributed by atoms with E-state index in [2.05, 4.69) is 10.0 Å². The van der Waals surface area contributed by atoms with Crippen LogP contribution in [0.5, 0.6) is 0 Å². The first-order chi connectivity index (χ1) is 9.90. The molecular weight excluding hydrogens is 311 g/mol. The SMILES string of the molecule is CCCNCc1ccc(F)c(S(=O)(=O)NCC(C)SC)c1. The highest BCUT2D eigenvalue weighted by Gasteiger charge is 2.20. The van der Waals surface area contributed by atoms with Gasteiger partial charge in [-0.2, -0.15) is 11.8 Å². The van der Waals surface area contributed by atoms with Crippen LogP contribution in [0.4, 0.5) is 4.39 Å². The molecule has 0 saturated carbocycles. The van der Waals surface area contributed by atoms with E-state index in [1.807, 2.05) is 20.1 Å². The van der Waals surface area contributed by atoms with Crippen molar-refractivity contribution in [1.82, 2.24) is 10.0 Å². The molecule has 1 atom stereocenters. The second kappa shape index (κ2) is 8.73. The van der Waals surface area contributed by atoms with Crippen molar-refractivity contribution in [1.29, 1.82) is 0 Å². The number of hydrogen-bond acceptors (Lipinski definition) is 4. The Morgan fingerprint density at radius 1 is 1.38 bits per heavy atom. The smallest absolute Gasteiger partial charge is 0.243 e. The van der Waals surface area contributed by atoms with E-state index >= 15 is 0 Å². The standard InChI is InChI=1S/C14H23FN2O2S2/c1-4-7-16-10-12-5-6-13(15)14(8-12)21(18,19)17-9-11(2)20-3/h5-6,8,11,16-17H,4,7,9-10H2,1-3H3. The van der Waals surface area contributed by atoms with Crippen LogP contribution in [0.15, 0.2) is 23.1 Å². The first-order valence-electron chi connectivity index (χ1n) is 6.92. The highest BCUT2D eigenvalue weighted by atomic mass is 32.2. The molecule has 0 aliphatic rings. The fourth-order valence-electron chi connectivity index (χ4n) is 1.66. The van der Waals surface area contributed by atoms with E-state index in [0.717, 1.165) is 18.5 Å². The summed E-state index contributed by atoms with van der Waals surface area (Å²) in [6.07, 6.45) is 2.89. The number of rotatable bonds is 9. The second-order valence-electron chi connectivity index (χ2n) is 4.84. The Labute approximate surface area is 131 Å². The van der Waals surface area contributed by atoms with Gasteiger partial charge in [-0.3, -0.25) is 0 Å². The zero-order valence-electron chi connectivity index (χ0n) is 12.6. The van der Waals surface area contributed by atoms with E-state index in [0.29, 0.717) is 6.54 Å². The lowest BCUT2D eigenvalue weighted by Crippen LogP contribution is -2.30. The highest BCUT2D eigenvalue weighted by Crippen LogP contribution is 2.17. The summed E-state index contributed by atoms with van der Waals surface area (Å²) in [6, 6.07) is 4.20. The first kappa shape index (κ1) is 18.4. The van der Waals surface area contributed by atoms with Crippen LogP contribution in [0.25, 0.3) is 0 Å². The summed E-state index contributed by atoms with van der Waals surface area (Å²) in [7, 11) is -3.82. The molecule has 0 bridgehead atoms. The van der Waals surface area contributed by atoms with Crippen LogP contribution in [0.1, 0.15) is 25.8 Å². The molecule has 1 rings (SSSR count). The fourth-order valence-corrected chi connectivity index (χ4v) is 3.27. The minimum absolute atomic E-state index is 0.136. The molecule has 0 heterocycles. The molecule has 0 fully saturated rings. The lowest BCUT2D eigenvalue weighted by Gasteiger charge is -2.12. The Morgan fingerprint density at radius 3 is 2.71 bits per heavy atom. The molecule has 21 heavy (non-hydrogen) atoms. The molecular formula is C14H23FN2O2S2. The third-order valence-electron chi connectivity index (χ3n) is 3.00. The summed E-state index contributed by atoms with van der Waals surface area (Å²) in [6.45, 7) is 5.60. The Hall–Kier alpha value is -0.630. The zero-order chi connectivity index (χ0) is 15.9. The van der Waals surface area contributed by atoms with E-state index in [1.54, 1.807) is 17.8 Å². The molecule has 0 radical (unpaired) electrons. The van der Waals surface area contributed by atoms with Crippen LogP contribution in [0.2, 0.25) is 0 Å². The Bertz CT molecular complexity index is 550. The zero-order valence-corrected chi connectivity index (χ0v) is 14.3. The summed E-state index contributed by atoms with van der Waals surface area (Å²) in [5.41, 5.74) is 0.753. The normalized spacial score (nSPS) is 13.3. The van der Waals surface area contributed by atoms with Crippen molar-refractivity contribution >= 4 is 21.8 Å². The predicted molar refractivity (Wildman–Crippen MR) is 86.6 cm³/mol. The van der Waals surface area contributed by atoms with Gasteiger partial charge in [0.1, 0.15) is 10.7 Å². The average Bonchev–Trinajstić information content (AvgIpc) is 2.46. The molecule has 1 aromatic rings. The van der Waals surface area contributed by atoms with Gasteiger partial charge in [0.25, 0.3) is 0 Å². The molecule has 120 valence electrons. The minimum Gasteiger partial charge on any atom is -0.313 e. The van der Waals surface area contributed by atoms with Crippen molar-refractivity contribution < 1.29 is 12.8 Å². The molecule has 4 nitrogen and oxygen atoms in total. The number of nitrogens with one attached hydrogen (secondary N) is 2. The summed E-state index contributed by atoms with van der Waals surface area (Å²) >= 11 is 1.55. The Morgan fingerprint density at radius 2 is 2.10 bits per heavy atom. The minimum atomic E-state index is -3.82. The van der Waals surface area contributed by atoms with Crippen LogP contribution in [-0.2, 0) is 16.6 Å². The first-order valence-corrected chi connectivity index (χ1v) is 9.69. The van der Waals surface area contributed by atoms with Gasteiger partial charge in [-0.25, -0.2) is 17.5 Å². The lowest BCUT2D eigenvalue weighted by atomic mass is 10.2. The molecule has 0 aromatic heterocycles. The maximum atomic E-state index is 13.8. The topological polar surface area (TPSA) is 58.2 Å². The average molecular weight is 334 g/mol. The highest BCUT2D eigenvalue weighted by molar-refractivity contribution is 7.99. The van der Waals surface area contributed by atoms with Gasteiger partial charge in [0, 0.05) is 18.3 Å². The van der Waals surface area contributed by atoms with Crippen LogP contribution in [0, 0.1) is 5.82 Å². The molecule has 0 spiro atoms. The summed E-state index contributed by atoms with van der Waals surface area (Å²) in [4.78, 5) is -0.286. The van der Waals surface area contributed by atoms with E-state index in [4.69, 9.17) is 0 Å². The van der Waals surface area contributed by atoms with Gasteiger partial charge < -0.3 is 5.32 Å². The summed E-state index contributed by atoms with van der Waals surface area (Å²) in [5.74, 6) is -0.724. The van der Waals surface area contributed by atoms with Gasteiger partial charge >= 0.3 is 0 Å². The lowest BCUT2D eigenvalue weighted by molar-refractivity contribution is 0.555. The Balaban J connectivity index is 2.86. The van der Waals surface area contributed by atoms with E-state index in [9.17, 15) is 12.8 Å². The van der Waals surface area contributed by atoms with Crippen LogP contribution in [0.3, 0.4) is 0 Å². The van der Waals surface area contributed by atoms with Gasteiger partial charge in [-0.15, -0.1) is 0 Å². The van der Waals surface area contributed by atoms with Gasteiger partial charge in [0.15, 0.2) is 0 Å². The third-order valence-corrected chi connectivity index (χ3v) is 5.41. The predicted octanol–water partition coefficient (Wildman–Crippen LogP) is 2.36. The molecule has 0 saturated heterocycles. The molecule has 0 amide bonds. The van der Waals surface area contributed by atoms with Crippen molar-refractivity contribution in [3.63, 3.8) is 0 Å². The fraction of sp³-hybridized carbons (Fsp3) is 0.571. The quantitative estimate of drug-likeness (QED) is 0.681. The second-order valence-corrected chi connectivity index (χ2v) is 7.85. The largest absolute Gasteiger partial charge is 0.313 e. The molecule has 0 aliphatic heterocycles. The Kier molecular flexibility index (Phi) is 7.65. The number of sulfonamides is 1. The van der Waals surface area contributed by atoms with E-state index < -0.39 is 15.8 Å². The van der Waals surface area contributed by atoms with Crippen molar-refractivity contribution in [2.45, 2.75) is 37.0 Å². The maximum absolute atomic E-state index is 13.8. The maximum Gasteiger partial charge on any atom is 0.243 e. The number of benzene rings is 1. The van der Waals surface area contributed by atoms with Crippen molar-refractivity contribution in [2.24, 2.45) is 0 Å². The van der Waals surface area contributed by atoms with Crippen LogP contribution >= 0.6 is 11.8 Å².